The summed E-state index contributed by atoms with van der Waals surface area (Å²) in [6.45, 7) is 5.77. The fraction of sp³-hybridized carbons (Fsp3) is 0.586. The van der Waals surface area contributed by atoms with E-state index in [9.17, 15) is 22.7 Å². The van der Waals surface area contributed by atoms with Crippen molar-refractivity contribution >= 4 is 15.9 Å². The Morgan fingerprint density at radius 3 is 2.75 bits per heavy atom. The molecule has 222 valence electrons. The van der Waals surface area contributed by atoms with Gasteiger partial charge in [-0.1, -0.05) is 19.9 Å². The molecule has 2 atom stereocenters. The van der Waals surface area contributed by atoms with E-state index in [4.69, 9.17) is 4.74 Å². The van der Waals surface area contributed by atoms with Gasteiger partial charge in [-0.3, -0.25) is 9.78 Å². The van der Waals surface area contributed by atoms with Crippen LogP contribution in [0.5, 0.6) is 5.75 Å². The summed E-state index contributed by atoms with van der Waals surface area (Å²) in [6, 6.07) is 5.72. The van der Waals surface area contributed by atoms with Gasteiger partial charge in [0.05, 0.1) is 24.5 Å². The van der Waals surface area contributed by atoms with Crippen LogP contribution >= 0.6 is 0 Å². The Morgan fingerprint density at radius 1 is 1.18 bits per heavy atom. The van der Waals surface area contributed by atoms with Crippen LogP contribution in [0, 0.1) is 5.82 Å². The van der Waals surface area contributed by atoms with E-state index in [1.165, 1.54) is 16.4 Å². The number of pyridine rings is 1. The van der Waals surface area contributed by atoms with Gasteiger partial charge in [0.15, 0.2) is 0 Å². The Morgan fingerprint density at radius 2 is 1.98 bits per heavy atom. The van der Waals surface area contributed by atoms with Crippen molar-refractivity contribution in [3.05, 3.63) is 59.2 Å². The van der Waals surface area contributed by atoms with E-state index in [1.807, 2.05) is 19.2 Å². The Bertz CT molecular complexity index is 1200. The Balaban J connectivity index is 1.74. The number of benzene rings is 1. The lowest BCUT2D eigenvalue weighted by atomic mass is 10.00. The number of aliphatic hydroxyl groups is 1. The molecular formula is C29H43FN4O5S. The van der Waals surface area contributed by atoms with Crippen LogP contribution in [0.4, 0.5) is 4.39 Å². The van der Waals surface area contributed by atoms with Crippen LogP contribution in [0.1, 0.15) is 62.6 Å². The van der Waals surface area contributed by atoms with E-state index >= 15 is 0 Å². The highest BCUT2D eigenvalue weighted by Gasteiger charge is 2.24. The third kappa shape index (κ3) is 10.4. The van der Waals surface area contributed by atoms with Crippen LogP contribution in [0.25, 0.3) is 0 Å². The number of fused-ring (bicyclic) bond motifs is 2. The van der Waals surface area contributed by atoms with E-state index in [0.29, 0.717) is 56.8 Å². The van der Waals surface area contributed by atoms with Crippen LogP contribution in [-0.4, -0.2) is 72.9 Å². The van der Waals surface area contributed by atoms with Crippen molar-refractivity contribution in [3.8, 4) is 5.75 Å². The molecule has 2 aromatic rings. The van der Waals surface area contributed by atoms with Crippen molar-refractivity contribution in [3.63, 3.8) is 0 Å². The standard InChI is InChI=1S/C29H43FN4O5S/c1-3-9-34-10-5-6-11-39-26-15-23(14-25(30)17-26)16-27(33-29(36)8-7-12-40(34,37)38)28(35)21-32-20-24-13-22(4-2)18-31-19-24/h13-15,17-19,27-28,32,35H,3-12,16,20-21H2,1-2H3,(H,33,36)/t27-,28+/m0/s1. The first kappa shape index (κ1) is 31.9. The summed E-state index contributed by atoms with van der Waals surface area (Å²) in [5, 5.41) is 17.1. The minimum atomic E-state index is -3.51. The van der Waals surface area contributed by atoms with Crippen molar-refractivity contribution in [1.82, 2.24) is 19.9 Å². The van der Waals surface area contributed by atoms with Gasteiger partial charge in [0, 0.05) is 51.1 Å². The van der Waals surface area contributed by atoms with Gasteiger partial charge in [-0.15, -0.1) is 0 Å². The number of carbonyl (C=O) groups is 1. The minimum absolute atomic E-state index is 0.00281. The maximum Gasteiger partial charge on any atom is 0.220 e. The number of rotatable bonds is 8. The van der Waals surface area contributed by atoms with Gasteiger partial charge < -0.3 is 20.5 Å². The topological polar surface area (TPSA) is 121 Å². The van der Waals surface area contributed by atoms with Crippen LogP contribution in [0.15, 0.2) is 36.7 Å². The average molecular weight is 579 g/mol. The molecule has 0 radical (unpaired) electrons. The molecule has 1 aromatic carbocycles. The predicted octanol–water partition coefficient (Wildman–Crippen LogP) is 2.96. The maximum absolute atomic E-state index is 14.5. The predicted molar refractivity (Wildman–Crippen MR) is 153 cm³/mol. The number of aryl methyl sites for hydroxylation is 1. The van der Waals surface area contributed by atoms with Crippen LogP contribution < -0.4 is 15.4 Å². The Kier molecular flexibility index (Phi) is 12.8. The second-order valence-electron chi connectivity index (χ2n) is 10.3. The molecule has 1 aliphatic heterocycles. The SMILES string of the molecule is CCCN1CCCCOc2cc(F)cc(c2)C[C@@H]([C@H](O)CNCc2cncc(CC)c2)NC(=O)CCCS1(=O)=O. The molecule has 2 heterocycles. The molecule has 1 amide bonds. The van der Waals surface area contributed by atoms with Crippen molar-refractivity contribution in [2.75, 3.05) is 32.0 Å². The molecule has 2 bridgehead atoms. The number of nitrogens with zero attached hydrogens (tertiary/aromatic N) is 2. The molecule has 0 spiro atoms. The molecule has 40 heavy (non-hydrogen) atoms. The van der Waals surface area contributed by atoms with Gasteiger partial charge in [-0.2, -0.15) is 0 Å². The molecule has 3 rings (SSSR count). The number of amides is 1. The first-order valence-electron chi connectivity index (χ1n) is 14.2. The summed E-state index contributed by atoms with van der Waals surface area (Å²) < 4.78 is 47.6. The van der Waals surface area contributed by atoms with Crippen molar-refractivity contribution in [2.24, 2.45) is 0 Å². The summed E-state index contributed by atoms with van der Waals surface area (Å²) in [4.78, 5) is 17.1. The van der Waals surface area contributed by atoms with Crippen LogP contribution in [-0.2, 0) is 34.2 Å². The molecule has 1 aromatic heterocycles. The number of ether oxygens (including phenoxy) is 1. The maximum atomic E-state index is 14.5. The molecule has 9 nitrogen and oxygen atoms in total. The molecule has 0 aliphatic carbocycles. The van der Waals surface area contributed by atoms with Gasteiger partial charge in [0.1, 0.15) is 11.6 Å². The van der Waals surface area contributed by atoms with Gasteiger partial charge in [-0.25, -0.2) is 17.1 Å². The number of hydrogen-bond acceptors (Lipinski definition) is 7. The minimum Gasteiger partial charge on any atom is -0.493 e. The molecule has 0 saturated carbocycles. The fourth-order valence-corrected chi connectivity index (χ4v) is 6.38. The molecule has 0 fully saturated rings. The largest absolute Gasteiger partial charge is 0.493 e. The molecule has 1 aliphatic rings. The number of aromatic nitrogens is 1. The quantitative estimate of drug-likeness (QED) is 0.441. The number of carbonyl (C=O) groups excluding carboxylic acids is 1. The highest BCUT2D eigenvalue weighted by molar-refractivity contribution is 7.89. The molecular weight excluding hydrogens is 535 g/mol. The summed E-state index contributed by atoms with van der Waals surface area (Å²) >= 11 is 0. The number of hydrogen-bond donors (Lipinski definition) is 3. The first-order chi connectivity index (χ1) is 19.2. The normalized spacial score (nSPS) is 20.2. The highest BCUT2D eigenvalue weighted by Crippen LogP contribution is 2.20. The van der Waals surface area contributed by atoms with Gasteiger partial charge in [-0.05, 0) is 67.3 Å². The van der Waals surface area contributed by atoms with Crippen molar-refractivity contribution in [2.45, 2.75) is 77.5 Å². The zero-order valence-electron chi connectivity index (χ0n) is 23.6. The van der Waals surface area contributed by atoms with Crippen LogP contribution in [0.3, 0.4) is 0 Å². The molecule has 11 heteroatoms. The lowest BCUT2D eigenvalue weighted by Gasteiger charge is -2.25. The van der Waals surface area contributed by atoms with E-state index in [0.717, 1.165) is 17.5 Å². The number of sulfonamides is 1. The molecule has 0 unspecified atom stereocenters. The van der Waals surface area contributed by atoms with Gasteiger partial charge in [0.2, 0.25) is 15.9 Å². The second kappa shape index (κ2) is 16.0. The van der Waals surface area contributed by atoms with Gasteiger partial charge in [0.25, 0.3) is 0 Å². The third-order valence-corrected chi connectivity index (χ3v) is 8.84. The summed E-state index contributed by atoms with van der Waals surface area (Å²) in [5.41, 5.74) is 2.68. The third-order valence-electron chi connectivity index (χ3n) is 6.88. The first-order valence-corrected chi connectivity index (χ1v) is 15.8. The summed E-state index contributed by atoms with van der Waals surface area (Å²) in [7, 11) is -3.51. The van der Waals surface area contributed by atoms with E-state index in [2.05, 4.69) is 22.5 Å². The highest BCUT2D eigenvalue weighted by atomic mass is 32.2. The molecule has 0 saturated heterocycles. The smallest absolute Gasteiger partial charge is 0.220 e. The monoisotopic (exact) mass is 578 g/mol. The molecule has 3 N–H and O–H groups in total. The van der Waals surface area contributed by atoms with Crippen molar-refractivity contribution < 1.29 is 27.4 Å². The Labute approximate surface area is 237 Å². The lowest BCUT2D eigenvalue weighted by Crippen LogP contribution is -2.48. The van der Waals surface area contributed by atoms with E-state index < -0.39 is 28.0 Å². The fourth-order valence-electron chi connectivity index (χ4n) is 4.74. The van der Waals surface area contributed by atoms with Crippen molar-refractivity contribution in [1.29, 1.82) is 0 Å². The van der Waals surface area contributed by atoms with E-state index in [1.54, 1.807) is 12.3 Å². The zero-order chi connectivity index (χ0) is 29.0. The number of aliphatic hydroxyl groups excluding tert-OH is 1. The van der Waals surface area contributed by atoms with Crippen LogP contribution in [0.2, 0.25) is 0 Å². The average Bonchev–Trinajstić information content (AvgIpc) is 2.91. The summed E-state index contributed by atoms with van der Waals surface area (Å²) in [6.07, 6.45) is 5.74. The van der Waals surface area contributed by atoms with E-state index in [-0.39, 0.29) is 37.5 Å². The number of nitrogens with one attached hydrogen (secondary N) is 2. The number of halogens is 1. The Hall–Kier alpha value is -2.60. The zero-order valence-corrected chi connectivity index (χ0v) is 24.4. The lowest BCUT2D eigenvalue weighted by molar-refractivity contribution is -0.122. The van der Waals surface area contributed by atoms with Gasteiger partial charge >= 0.3 is 0 Å². The summed E-state index contributed by atoms with van der Waals surface area (Å²) in [5.74, 6) is -0.592. The second-order valence-corrected chi connectivity index (χ2v) is 12.4.